The normalized spacial score (nSPS) is 19.4. The summed E-state index contributed by atoms with van der Waals surface area (Å²) in [6.07, 6.45) is 0.147. The van der Waals surface area contributed by atoms with E-state index in [4.69, 9.17) is 9.47 Å². The molecule has 0 saturated carbocycles. The first-order valence-electron chi connectivity index (χ1n) is 9.91. The van der Waals surface area contributed by atoms with Crippen LogP contribution < -0.4 is 10.1 Å². The fraction of sp³-hybridized carbons (Fsp3) is 0.364. The van der Waals surface area contributed by atoms with E-state index in [2.05, 4.69) is 5.32 Å². The summed E-state index contributed by atoms with van der Waals surface area (Å²) in [5.41, 5.74) is 1.50. The molecule has 2 aliphatic rings. The molecule has 0 bridgehead atoms. The SMILES string of the molecule is O=C(Nc1ccc(F)cc1)c1ccc2c(c1)OC(O)CN(C(=O)C1CCOCC1)C2. The third kappa shape index (κ3) is 4.60. The fourth-order valence-corrected chi connectivity index (χ4v) is 3.69. The van der Waals surface area contributed by atoms with E-state index >= 15 is 0 Å². The van der Waals surface area contributed by atoms with Crippen LogP contribution in [0.15, 0.2) is 42.5 Å². The molecule has 2 heterocycles. The lowest BCUT2D eigenvalue weighted by Crippen LogP contribution is -2.42. The molecular weight excluding hydrogens is 391 g/mol. The molecule has 2 aromatic carbocycles. The fourth-order valence-electron chi connectivity index (χ4n) is 3.69. The number of nitrogens with one attached hydrogen (secondary N) is 1. The molecule has 1 unspecified atom stereocenters. The number of benzene rings is 2. The Morgan fingerprint density at radius 2 is 1.83 bits per heavy atom. The van der Waals surface area contributed by atoms with Crippen LogP contribution in [0.4, 0.5) is 10.1 Å². The van der Waals surface area contributed by atoms with Gasteiger partial charge in [-0.3, -0.25) is 9.59 Å². The minimum Gasteiger partial charge on any atom is -0.463 e. The number of hydrogen-bond donors (Lipinski definition) is 2. The molecule has 2 N–H and O–H groups in total. The minimum atomic E-state index is -1.19. The van der Waals surface area contributed by atoms with Crippen molar-refractivity contribution in [2.24, 2.45) is 5.92 Å². The number of ether oxygens (including phenoxy) is 2. The van der Waals surface area contributed by atoms with Crippen LogP contribution in [0.2, 0.25) is 0 Å². The van der Waals surface area contributed by atoms with Crippen LogP contribution in [0.25, 0.3) is 0 Å². The molecule has 1 saturated heterocycles. The number of halogens is 1. The van der Waals surface area contributed by atoms with Crippen molar-refractivity contribution in [3.8, 4) is 5.75 Å². The molecule has 158 valence electrons. The Balaban J connectivity index is 1.50. The molecule has 7 nitrogen and oxygen atoms in total. The average molecular weight is 414 g/mol. The largest absolute Gasteiger partial charge is 0.463 e. The van der Waals surface area contributed by atoms with Gasteiger partial charge >= 0.3 is 0 Å². The zero-order valence-electron chi connectivity index (χ0n) is 16.3. The number of fused-ring (bicyclic) bond motifs is 1. The van der Waals surface area contributed by atoms with Crippen LogP contribution in [0.3, 0.4) is 0 Å². The van der Waals surface area contributed by atoms with Gasteiger partial charge in [-0.25, -0.2) is 4.39 Å². The van der Waals surface area contributed by atoms with Crippen molar-refractivity contribution in [1.82, 2.24) is 4.90 Å². The highest BCUT2D eigenvalue weighted by atomic mass is 19.1. The van der Waals surface area contributed by atoms with Crippen molar-refractivity contribution in [3.05, 3.63) is 59.4 Å². The topological polar surface area (TPSA) is 88.1 Å². The Morgan fingerprint density at radius 1 is 1.10 bits per heavy atom. The molecule has 4 rings (SSSR count). The van der Waals surface area contributed by atoms with E-state index in [9.17, 15) is 19.1 Å². The summed E-state index contributed by atoms with van der Waals surface area (Å²) in [5, 5.41) is 13.0. The molecule has 1 fully saturated rings. The zero-order valence-corrected chi connectivity index (χ0v) is 16.3. The van der Waals surface area contributed by atoms with Crippen LogP contribution in [-0.2, 0) is 16.1 Å². The third-order valence-electron chi connectivity index (χ3n) is 5.31. The van der Waals surface area contributed by atoms with E-state index in [-0.39, 0.29) is 30.1 Å². The highest BCUT2D eigenvalue weighted by molar-refractivity contribution is 6.04. The number of rotatable bonds is 3. The van der Waals surface area contributed by atoms with Gasteiger partial charge in [0.05, 0.1) is 6.54 Å². The van der Waals surface area contributed by atoms with Crippen LogP contribution >= 0.6 is 0 Å². The predicted octanol–water partition coefficient (Wildman–Crippen LogP) is 2.54. The monoisotopic (exact) mass is 414 g/mol. The molecule has 30 heavy (non-hydrogen) atoms. The first kappa shape index (κ1) is 20.3. The lowest BCUT2D eigenvalue weighted by Gasteiger charge is -2.28. The zero-order chi connectivity index (χ0) is 21.1. The molecule has 2 aliphatic heterocycles. The Kier molecular flexibility index (Phi) is 5.96. The maximum absolute atomic E-state index is 13.0. The van der Waals surface area contributed by atoms with Gasteiger partial charge in [0.2, 0.25) is 12.2 Å². The first-order chi connectivity index (χ1) is 14.5. The van der Waals surface area contributed by atoms with Crippen LogP contribution in [0, 0.1) is 11.7 Å². The highest BCUT2D eigenvalue weighted by Gasteiger charge is 2.31. The maximum Gasteiger partial charge on any atom is 0.255 e. The predicted molar refractivity (Wildman–Crippen MR) is 106 cm³/mol. The molecule has 1 atom stereocenters. The van der Waals surface area contributed by atoms with Gasteiger partial charge in [-0.2, -0.15) is 0 Å². The number of nitrogens with zero attached hydrogens (tertiary/aromatic N) is 1. The quantitative estimate of drug-likeness (QED) is 0.806. The Hall–Kier alpha value is -2.97. The Morgan fingerprint density at radius 3 is 2.57 bits per heavy atom. The number of anilines is 1. The molecule has 0 radical (unpaired) electrons. The van der Waals surface area contributed by atoms with E-state index < -0.39 is 6.29 Å². The van der Waals surface area contributed by atoms with Gasteiger partial charge in [0, 0.05) is 42.5 Å². The summed E-state index contributed by atoms with van der Waals surface area (Å²) in [6, 6.07) is 10.4. The second-order valence-electron chi connectivity index (χ2n) is 7.46. The van der Waals surface area contributed by atoms with Crippen molar-refractivity contribution in [2.45, 2.75) is 25.7 Å². The summed E-state index contributed by atoms with van der Waals surface area (Å²) in [6.45, 7) is 1.48. The first-order valence-corrected chi connectivity index (χ1v) is 9.91. The van der Waals surface area contributed by atoms with Gasteiger partial charge in [0.1, 0.15) is 11.6 Å². The number of amides is 2. The molecule has 0 spiro atoms. The van der Waals surface area contributed by atoms with Crippen molar-refractivity contribution < 1.29 is 28.6 Å². The van der Waals surface area contributed by atoms with Crippen molar-refractivity contribution in [3.63, 3.8) is 0 Å². The lowest BCUT2D eigenvalue weighted by molar-refractivity contribution is -0.143. The number of aliphatic hydroxyl groups excluding tert-OH is 1. The molecule has 2 amide bonds. The smallest absolute Gasteiger partial charge is 0.255 e. The van der Waals surface area contributed by atoms with Gasteiger partial charge in [-0.1, -0.05) is 6.07 Å². The van der Waals surface area contributed by atoms with E-state index in [1.54, 1.807) is 23.1 Å². The molecule has 2 aromatic rings. The summed E-state index contributed by atoms with van der Waals surface area (Å²) >= 11 is 0. The van der Waals surface area contributed by atoms with E-state index in [1.165, 1.54) is 24.3 Å². The van der Waals surface area contributed by atoms with Crippen LogP contribution in [0.1, 0.15) is 28.8 Å². The second kappa shape index (κ2) is 8.81. The highest BCUT2D eigenvalue weighted by Crippen LogP contribution is 2.28. The molecule has 0 aromatic heterocycles. The van der Waals surface area contributed by atoms with Crippen LogP contribution in [-0.4, -0.2) is 47.9 Å². The number of carbonyl (C=O) groups excluding carboxylic acids is 2. The van der Waals surface area contributed by atoms with Gasteiger partial charge in [-0.15, -0.1) is 0 Å². The van der Waals surface area contributed by atoms with Crippen molar-refractivity contribution >= 4 is 17.5 Å². The third-order valence-corrected chi connectivity index (χ3v) is 5.31. The Labute approximate surface area is 173 Å². The van der Waals surface area contributed by atoms with Gasteiger partial charge in [-0.05, 0) is 49.2 Å². The molecular formula is C22H23FN2O5. The number of β-amino-alcohol motifs (C(OH)–C–C–N with tert-alkyl or cyclic N) is 1. The standard InChI is InChI=1S/C22H23FN2O5/c23-17-3-5-18(6-4-17)24-21(27)15-1-2-16-12-25(13-20(26)30-19(16)11-15)22(28)14-7-9-29-10-8-14/h1-6,11,14,20,26H,7-10,12-13H2,(H,24,27). The summed E-state index contributed by atoms with van der Waals surface area (Å²) in [4.78, 5) is 27.0. The van der Waals surface area contributed by atoms with Gasteiger partial charge in [0.15, 0.2) is 0 Å². The van der Waals surface area contributed by atoms with Crippen molar-refractivity contribution in [1.29, 1.82) is 0 Å². The van der Waals surface area contributed by atoms with Crippen molar-refractivity contribution in [2.75, 3.05) is 25.1 Å². The molecule has 0 aliphatic carbocycles. The number of carbonyl (C=O) groups is 2. The van der Waals surface area contributed by atoms with Crippen LogP contribution in [0.5, 0.6) is 5.75 Å². The van der Waals surface area contributed by atoms with E-state index in [1.807, 2.05) is 0 Å². The number of hydrogen-bond acceptors (Lipinski definition) is 5. The van der Waals surface area contributed by atoms with Gasteiger partial charge in [0.25, 0.3) is 5.91 Å². The van der Waals surface area contributed by atoms with E-state index in [0.717, 1.165) is 0 Å². The summed E-state index contributed by atoms with van der Waals surface area (Å²) in [5.74, 6) is -0.557. The summed E-state index contributed by atoms with van der Waals surface area (Å²) < 4.78 is 23.9. The lowest BCUT2D eigenvalue weighted by atomic mass is 9.98. The number of aliphatic hydroxyl groups is 1. The maximum atomic E-state index is 13.0. The molecule has 8 heteroatoms. The second-order valence-corrected chi connectivity index (χ2v) is 7.46. The summed E-state index contributed by atoms with van der Waals surface area (Å²) in [7, 11) is 0. The Bertz CT molecular complexity index is 928. The van der Waals surface area contributed by atoms with Gasteiger partial charge < -0.3 is 24.8 Å². The van der Waals surface area contributed by atoms with E-state index in [0.29, 0.717) is 55.2 Å². The minimum absolute atomic E-state index is 0.0214. The average Bonchev–Trinajstić information content (AvgIpc) is 2.92.